The van der Waals surface area contributed by atoms with Crippen LogP contribution in [0.15, 0.2) is 42.5 Å². The summed E-state index contributed by atoms with van der Waals surface area (Å²) in [4.78, 5) is 38.7. The minimum Gasteiger partial charge on any atom is -0.465 e. The Kier molecular flexibility index (Phi) is 4.40. The number of methoxy groups -OCH3 is 1. The van der Waals surface area contributed by atoms with Crippen LogP contribution in [0.3, 0.4) is 0 Å². The lowest BCUT2D eigenvalue weighted by Crippen LogP contribution is -2.13. The van der Waals surface area contributed by atoms with E-state index in [1.807, 2.05) is 24.3 Å². The minimum absolute atomic E-state index is 0.0335. The SMILES string of the molecule is COC(=O)c1cc(C(=O)Nc2nc3ccccc3s2)cc([N+](=O)[O-])c1. The van der Waals surface area contributed by atoms with E-state index in [1.165, 1.54) is 17.4 Å². The molecule has 0 saturated carbocycles. The molecule has 0 atom stereocenters. The van der Waals surface area contributed by atoms with Gasteiger partial charge >= 0.3 is 5.97 Å². The molecule has 8 nitrogen and oxygen atoms in total. The Hall–Kier alpha value is -3.33. The van der Waals surface area contributed by atoms with Crippen molar-refractivity contribution in [1.82, 2.24) is 4.98 Å². The number of para-hydroxylation sites is 1. The summed E-state index contributed by atoms with van der Waals surface area (Å²) in [7, 11) is 1.15. The van der Waals surface area contributed by atoms with Gasteiger partial charge in [-0.15, -0.1) is 0 Å². The Morgan fingerprint density at radius 2 is 1.92 bits per heavy atom. The molecule has 0 bridgehead atoms. The van der Waals surface area contributed by atoms with E-state index in [1.54, 1.807) is 0 Å². The highest BCUT2D eigenvalue weighted by atomic mass is 32.1. The van der Waals surface area contributed by atoms with Crippen LogP contribution in [0.4, 0.5) is 10.8 Å². The molecule has 0 aliphatic carbocycles. The van der Waals surface area contributed by atoms with Crippen molar-refractivity contribution in [3.8, 4) is 0 Å². The second-order valence-electron chi connectivity index (χ2n) is 4.96. The highest BCUT2D eigenvalue weighted by Crippen LogP contribution is 2.26. The summed E-state index contributed by atoms with van der Waals surface area (Å²) >= 11 is 1.28. The van der Waals surface area contributed by atoms with E-state index in [9.17, 15) is 19.7 Å². The van der Waals surface area contributed by atoms with Gasteiger partial charge in [0.25, 0.3) is 11.6 Å². The molecule has 0 aliphatic rings. The number of anilines is 1. The van der Waals surface area contributed by atoms with Gasteiger partial charge in [0.05, 0.1) is 27.8 Å². The third-order valence-corrected chi connectivity index (χ3v) is 4.28. The molecule has 1 N–H and O–H groups in total. The molecule has 0 saturated heterocycles. The predicted octanol–water partition coefficient (Wildman–Crippen LogP) is 3.24. The average molecular weight is 357 g/mol. The van der Waals surface area contributed by atoms with Crippen LogP contribution in [0.25, 0.3) is 10.2 Å². The first-order chi connectivity index (χ1) is 12.0. The van der Waals surface area contributed by atoms with Crippen LogP contribution in [0.5, 0.6) is 0 Å². The van der Waals surface area contributed by atoms with Gasteiger partial charge < -0.3 is 4.74 Å². The number of rotatable bonds is 4. The quantitative estimate of drug-likeness (QED) is 0.436. The summed E-state index contributed by atoms with van der Waals surface area (Å²) in [6.07, 6.45) is 0. The molecule has 25 heavy (non-hydrogen) atoms. The van der Waals surface area contributed by atoms with Crippen LogP contribution >= 0.6 is 11.3 Å². The summed E-state index contributed by atoms with van der Waals surface area (Å²) in [6, 6.07) is 10.7. The van der Waals surface area contributed by atoms with Crippen molar-refractivity contribution in [2.75, 3.05) is 12.4 Å². The zero-order chi connectivity index (χ0) is 18.0. The highest BCUT2D eigenvalue weighted by molar-refractivity contribution is 7.22. The molecule has 0 fully saturated rings. The normalized spacial score (nSPS) is 10.4. The fourth-order valence-corrected chi connectivity index (χ4v) is 3.04. The minimum atomic E-state index is -0.766. The number of carbonyl (C=O) groups is 2. The lowest BCUT2D eigenvalue weighted by Gasteiger charge is -2.05. The summed E-state index contributed by atoms with van der Waals surface area (Å²) < 4.78 is 5.46. The second kappa shape index (κ2) is 6.65. The van der Waals surface area contributed by atoms with Crippen LogP contribution in [0.2, 0.25) is 0 Å². The number of aromatic nitrogens is 1. The van der Waals surface area contributed by atoms with Gasteiger partial charge in [-0.05, 0) is 18.2 Å². The van der Waals surface area contributed by atoms with Crippen molar-refractivity contribution in [2.45, 2.75) is 0 Å². The molecule has 1 heterocycles. The maximum absolute atomic E-state index is 12.4. The number of nitro benzene ring substituents is 1. The fourth-order valence-electron chi connectivity index (χ4n) is 2.18. The van der Waals surface area contributed by atoms with Gasteiger partial charge in [-0.2, -0.15) is 0 Å². The number of amides is 1. The molecule has 0 aliphatic heterocycles. The van der Waals surface area contributed by atoms with Crippen LogP contribution in [0.1, 0.15) is 20.7 Å². The summed E-state index contributed by atoms with van der Waals surface area (Å²) in [5.74, 6) is -1.37. The van der Waals surface area contributed by atoms with E-state index in [4.69, 9.17) is 0 Å². The van der Waals surface area contributed by atoms with Gasteiger partial charge in [0.2, 0.25) is 0 Å². The van der Waals surface area contributed by atoms with E-state index in [0.717, 1.165) is 29.5 Å². The zero-order valence-electron chi connectivity index (χ0n) is 12.9. The van der Waals surface area contributed by atoms with Crippen molar-refractivity contribution >= 4 is 44.2 Å². The molecule has 126 valence electrons. The third-order valence-electron chi connectivity index (χ3n) is 3.33. The predicted molar refractivity (Wildman–Crippen MR) is 92.0 cm³/mol. The third kappa shape index (κ3) is 3.45. The zero-order valence-corrected chi connectivity index (χ0v) is 13.7. The number of ether oxygens (including phenoxy) is 1. The number of fused-ring (bicyclic) bond motifs is 1. The number of carbonyl (C=O) groups excluding carboxylic acids is 2. The largest absolute Gasteiger partial charge is 0.465 e. The lowest BCUT2D eigenvalue weighted by atomic mass is 10.1. The fraction of sp³-hybridized carbons (Fsp3) is 0.0625. The Bertz CT molecular complexity index is 965. The molecule has 0 spiro atoms. The van der Waals surface area contributed by atoms with E-state index in [0.29, 0.717) is 5.13 Å². The molecule has 2 aromatic carbocycles. The molecule has 3 rings (SSSR count). The molecule has 9 heteroatoms. The Morgan fingerprint density at radius 3 is 2.60 bits per heavy atom. The Labute approximate surface area is 145 Å². The average Bonchev–Trinajstić information content (AvgIpc) is 3.02. The second-order valence-corrected chi connectivity index (χ2v) is 5.99. The van der Waals surface area contributed by atoms with Gasteiger partial charge in [-0.1, -0.05) is 23.5 Å². The molecule has 0 radical (unpaired) electrons. The van der Waals surface area contributed by atoms with Crippen molar-refractivity contribution in [3.63, 3.8) is 0 Å². The summed E-state index contributed by atoms with van der Waals surface area (Å²) in [6.45, 7) is 0. The van der Waals surface area contributed by atoms with Crippen LogP contribution in [0, 0.1) is 10.1 Å². The van der Waals surface area contributed by atoms with Crippen molar-refractivity contribution in [1.29, 1.82) is 0 Å². The molecule has 3 aromatic rings. The van der Waals surface area contributed by atoms with Gasteiger partial charge in [0.15, 0.2) is 5.13 Å². The lowest BCUT2D eigenvalue weighted by molar-refractivity contribution is -0.384. The maximum atomic E-state index is 12.4. The van der Waals surface area contributed by atoms with Gasteiger partial charge in [-0.3, -0.25) is 20.2 Å². The topological polar surface area (TPSA) is 111 Å². The molecule has 1 amide bonds. The van der Waals surface area contributed by atoms with Gasteiger partial charge in [-0.25, -0.2) is 9.78 Å². The van der Waals surface area contributed by atoms with Crippen molar-refractivity contribution in [3.05, 3.63) is 63.7 Å². The summed E-state index contributed by atoms with van der Waals surface area (Å²) in [5.41, 5.74) is 0.245. The Morgan fingerprint density at radius 1 is 1.20 bits per heavy atom. The smallest absolute Gasteiger partial charge is 0.338 e. The van der Waals surface area contributed by atoms with E-state index in [-0.39, 0.29) is 16.8 Å². The number of non-ortho nitro benzene ring substituents is 1. The first-order valence-electron chi connectivity index (χ1n) is 7.02. The first-order valence-corrected chi connectivity index (χ1v) is 7.84. The van der Waals surface area contributed by atoms with Gasteiger partial charge in [0.1, 0.15) is 0 Å². The highest BCUT2D eigenvalue weighted by Gasteiger charge is 2.19. The standard InChI is InChI=1S/C16H11N3O5S/c1-24-15(21)10-6-9(7-11(8-10)19(22)23)14(20)18-16-17-12-4-2-3-5-13(12)25-16/h2-8H,1H3,(H,17,18,20). The van der Waals surface area contributed by atoms with E-state index >= 15 is 0 Å². The number of nitrogens with zero attached hydrogens (tertiary/aromatic N) is 2. The van der Waals surface area contributed by atoms with Crippen LogP contribution < -0.4 is 5.32 Å². The summed E-state index contributed by atoms with van der Waals surface area (Å²) in [5, 5.41) is 14.0. The number of hydrogen-bond donors (Lipinski definition) is 1. The number of esters is 1. The molecular formula is C16H11N3O5S. The van der Waals surface area contributed by atoms with Crippen LogP contribution in [-0.2, 0) is 4.74 Å². The number of nitrogens with one attached hydrogen (secondary N) is 1. The number of nitro groups is 1. The van der Waals surface area contributed by atoms with Gasteiger partial charge in [0, 0.05) is 17.7 Å². The molecular weight excluding hydrogens is 346 g/mol. The van der Waals surface area contributed by atoms with Crippen molar-refractivity contribution in [2.24, 2.45) is 0 Å². The Balaban J connectivity index is 1.93. The molecule has 1 aromatic heterocycles. The maximum Gasteiger partial charge on any atom is 0.338 e. The monoisotopic (exact) mass is 357 g/mol. The van der Waals surface area contributed by atoms with E-state index in [2.05, 4.69) is 15.0 Å². The van der Waals surface area contributed by atoms with E-state index < -0.39 is 16.8 Å². The first kappa shape index (κ1) is 16.5. The number of benzene rings is 2. The van der Waals surface area contributed by atoms with Crippen molar-refractivity contribution < 1.29 is 19.2 Å². The molecule has 0 unspecified atom stereocenters. The number of hydrogen-bond acceptors (Lipinski definition) is 7. The van der Waals surface area contributed by atoms with Crippen LogP contribution in [-0.4, -0.2) is 28.9 Å². The number of thiazole rings is 1.